The summed E-state index contributed by atoms with van der Waals surface area (Å²) in [5.74, 6) is -0.441. The summed E-state index contributed by atoms with van der Waals surface area (Å²) in [6.07, 6.45) is 0.250. The van der Waals surface area contributed by atoms with Gasteiger partial charge in [-0.3, -0.25) is 4.79 Å². The summed E-state index contributed by atoms with van der Waals surface area (Å²) in [5.41, 5.74) is 7.88. The number of methoxy groups -OCH3 is 1. The number of hydrogen-bond donors (Lipinski definition) is 1. The van der Waals surface area contributed by atoms with Gasteiger partial charge < -0.3 is 19.9 Å². The van der Waals surface area contributed by atoms with Crippen LogP contribution in [0.25, 0.3) is 10.9 Å². The number of nitrogens with two attached hydrogens (primary N) is 1. The van der Waals surface area contributed by atoms with Crippen molar-refractivity contribution in [3.05, 3.63) is 70.7 Å². The molecule has 1 aromatic heterocycles. The Morgan fingerprint density at radius 3 is 2.64 bits per heavy atom. The SMILES string of the molecule is COCCn1cc(C(=O)N2CCC(c3cc(CN)ccc3F)CC2)c2cccc(C(F)F)c21. The molecule has 0 bridgehead atoms. The molecule has 3 aromatic rings. The fraction of sp³-hybridized carbons (Fsp3) is 0.400. The lowest BCUT2D eigenvalue weighted by molar-refractivity contribution is 0.0714. The third-order valence-corrected chi connectivity index (χ3v) is 6.45. The predicted octanol–water partition coefficient (Wildman–Crippen LogP) is 4.84. The number of ether oxygens (including phenoxy) is 1. The van der Waals surface area contributed by atoms with Gasteiger partial charge in [0.2, 0.25) is 0 Å². The zero-order valence-corrected chi connectivity index (χ0v) is 18.6. The standard InChI is InChI=1S/C25H28F3N3O2/c1-33-12-11-31-15-21(18-3-2-4-19(23(18)31)24(27)28)25(32)30-9-7-17(8-10-30)20-13-16(14-29)5-6-22(20)26/h2-6,13,15,17,24H,7-12,14,29H2,1H3. The molecule has 176 valence electrons. The summed E-state index contributed by atoms with van der Waals surface area (Å²) in [7, 11) is 1.54. The van der Waals surface area contributed by atoms with Crippen molar-refractivity contribution in [1.29, 1.82) is 0 Å². The Kier molecular flexibility index (Phi) is 7.05. The molecule has 4 rings (SSSR count). The van der Waals surface area contributed by atoms with E-state index in [1.54, 1.807) is 41.0 Å². The van der Waals surface area contributed by atoms with Crippen molar-refractivity contribution in [2.75, 3.05) is 26.8 Å². The molecule has 1 amide bonds. The summed E-state index contributed by atoms with van der Waals surface area (Å²) >= 11 is 0. The van der Waals surface area contributed by atoms with Gasteiger partial charge >= 0.3 is 0 Å². The Morgan fingerprint density at radius 1 is 1.21 bits per heavy atom. The van der Waals surface area contributed by atoms with E-state index in [0.717, 1.165) is 5.56 Å². The number of alkyl halides is 2. The van der Waals surface area contributed by atoms with E-state index >= 15 is 0 Å². The Morgan fingerprint density at radius 2 is 1.97 bits per heavy atom. The van der Waals surface area contributed by atoms with Crippen LogP contribution in [-0.2, 0) is 17.8 Å². The molecule has 0 saturated carbocycles. The number of halogens is 3. The van der Waals surface area contributed by atoms with Gasteiger partial charge in [-0.05, 0) is 36.0 Å². The summed E-state index contributed by atoms with van der Waals surface area (Å²) in [6.45, 7) is 1.99. The van der Waals surface area contributed by atoms with Crippen molar-refractivity contribution in [2.24, 2.45) is 5.73 Å². The highest BCUT2D eigenvalue weighted by Crippen LogP contribution is 2.34. The van der Waals surface area contributed by atoms with E-state index in [1.807, 2.05) is 6.07 Å². The van der Waals surface area contributed by atoms with Crippen molar-refractivity contribution in [1.82, 2.24) is 9.47 Å². The fourth-order valence-corrected chi connectivity index (χ4v) is 4.70. The molecular formula is C25H28F3N3O2. The largest absolute Gasteiger partial charge is 0.383 e. The van der Waals surface area contributed by atoms with Gasteiger partial charge in [-0.2, -0.15) is 0 Å². The number of hydrogen-bond acceptors (Lipinski definition) is 3. The molecule has 0 atom stereocenters. The second kappa shape index (κ2) is 9.97. The molecule has 0 spiro atoms. The molecule has 1 saturated heterocycles. The first-order chi connectivity index (χ1) is 15.9. The third-order valence-electron chi connectivity index (χ3n) is 6.45. The maximum Gasteiger partial charge on any atom is 0.265 e. The van der Waals surface area contributed by atoms with E-state index in [-0.39, 0.29) is 23.2 Å². The summed E-state index contributed by atoms with van der Waals surface area (Å²) in [6, 6.07) is 9.60. The van der Waals surface area contributed by atoms with Crippen LogP contribution in [0.4, 0.5) is 13.2 Å². The number of rotatable bonds is 7. The number of nitrogens with zero attached hydrogens (tertiary/aromatic N) is 2. The van der Waals surface area contributed by atoms with Crippen LogP contribution in [0.5, 0.6) is 0 Å². The third kappa shape index (κ3) is 4.63. The minimum atomic E-state index is -2.65. The predicted molar refractivity (Wildman–Crippen MR) is 121 cm³/mol. The van der Waals surface area contributed by atoms with Crippen LogP contribution >= 0.6 is 0 Å². The Bertz CT molecular complexity index is 1140. The molecule has 5 nitrogen and oxygen atoms in total. The number of piperidine rings is 1. The van der Waals surface area contributed by atoms with E-state index in [2.05, 4.69) is 0 Å². The van der Waals surface area contributed by atoms with E-state index < -0.39 is 6.43 Å². The number of likely N-dealkylation sites (tertiary alicyclic amines) is 1. The van der Waals surface area contributed by atoms with Crippen LogP contribution in [0, 0.1) is 5.82 Å². The average Bonchev–Trinajstić information content (AvgIpc) is 3.21. The Hall–Kier alpha value is -2.84. The molecule has 0 radical (unpaired) electrons. The van der Waals surface area contributed by atoms with Crippen molar-refractivity contribution in [3.8, 4) is 0 Å². The first-order valence-corrected chi connectivity index (χ1v) is 11.1. The monoisotopic (exact) mass is 459 g/mol. The quantitative estimate of drug-likeness (QED) is 0.550. The van der Waals surface area contributed by atoms with E-state index in [9.17, 15) is 18.0 Å². The zero-order chi connectivity index (χ0) is 23.5. The van der Waals surface area contributed by atoms with Crippen LogP contribution in [-0.4, -0.2) is 42.2 Å². The first-order valence-electron chi connectivity index (χ1n) is 11.1. The lowest BCUT2D eigenvalue weighted by Gasteiger charge is -2.32. The topological polar surface area (TPSA) is 60.5 Å². The van der Waals surface area contributed by atoms with Gasteiger partial charge in [-0.25, -0.2) is 13.2 Å². The molecule has 33 heavy (non-hydrogen) atoms. The van der Waals surface area contributed by atoms with Gasteiger partial charge in [0.15, 0.2) is 0 Å². The minimum Gasteiger partial charge on any atom is -0.383 e. The van der Waals surface area contributed by atoms with Crippen molar-refractivity contribution < 1.29 is 22.7 Å². The van der Waals surface area contributed by atoms with Crippen LogP contribution < -0.4 is 5.73 Å². The molecule has 2 N–H and O–H groups in total. The molecule has 1 fully saturated rings. The number of para-hydroxylation sites is 1. The summed E-state index contributed by atoms with van der Waals surface area (Å²) in [4.78, 5) is 15.1. The lowest BCUT2D eigenvalue weighted by Crippen LogP contribution is -2.38. The Labute approximate surface area is 190 Å². The maximum absolute atomic E-state index is 14.4. The van der Waals surface area contributed by atoms with E-state index in [1.165, 1.54) is 12.1 Å². The normalized spacial score (nSPS) is 15.0. The highest BCUT2D eigenvalue weighted by Gasteiger charge is 2.29. The first kappa shape index (κ1) is 23.3. The van der Waals surface area contributed by atoms with Gasteiger partial charge in [-0.15, -0.1) is 0 Å². The van der Waals surface area contributed by atoms with Crippen LogP contribution in [0.3, 0.4) is 0 Å². The van der Waals surface area contributed by atoms with Gasteiger partial charge in [0.1, 0.15) is 5.82 Å². The van der Waals surface area contributed by atoms with Crippen molar-refractivity contribution in [2.45, 2.75) is 38.3 Å². The summed E-state index contributed by atoms with van der Waals surface area (Å²) in [5, 5.41) is 0.512. The summed E-state index contributed by atoms with van der Waals surface area (Å²) < 4.78 is 48.5. The highest BCUT2D eigenvalue weighted by atomic mass is 19.3. The molecule has 0 unspecified atom stereocenters. The smallest absolute Gasteiger partial charge is 0.265 e. The van der Waals surface area contributed by atoms with Crippen LogP contribution in [0.15, 0.2) is 42.6 Å². The molecule has 8 heteroatoms. The van der Waals surface area contributed by atoms with Crippen molar-refractivity contribution >= 4 is 16.8 Å². The zero-order valence-electron chi connectivity index (χ0n) is 18.6. The van der Waals surface area contributed by atoms with E-state index in [4.69, 9.17) is 10.5 Å². The van der Waals surface area contributed by atoms with Gasteiger partial charge in [0.25, 0.3) is 12.3 Å². The maximum atomic E-state index is 14.4. The Balaban J connectivity index is 1.58. The second-order valence-electron chi connectivity index (χ2n) is 8.40. The lowest BCUT2D eigenvalue weighted by atomic mass is 9.88. The fourth-order valence-electron chi connectivity index (χ4n) is 4.70. The number of aromatic nitrogens is 1. The van der Waals surface area contributed by atoms with Crippen LogP contribution in [0.1, 0.15) is 52.2 Å². The van der Waals surface area contributed by atoms with Crippen LogP contribution in [0.2, 0.25) is 0 Å². The minimum absolute atomic E-state index is 0.00836. The number of carbonyl (C=O) groups excluding carboxylic acids is 1. The van der Waals surface area contributed by atoms with Gasteiger partial charge in [0.05, 0.1) is 17.7 Å². The van der Waals surface area contributed by atoms with Crippen molar-refractivity contribution in [3.63, 3.8) is 0 Å². The molecule has 0 aliphatic carbocycles. The molecule has 1 aliphatic heterocycles. The van der Waals surface area contributed by atoms with Gasteiger partial charge in [-0.1, -0.05) is 30.3 Å². The highest BCUT2D eigenvalue weighted by molar-refractivity contribution is 6.07. The van der Waals surface area contributed by atoms with Gasteiger partial charge in [0, 0.05) is 50.4 Å². The number of amides is 1. The average molecular weight is 460 g/mol. The molecule has 2 aromatic carbocycles. The second-order valence-corrected chi connectivity index (χ2v) is 8.40. The van der Waals surface area contributed by atoms with E-state index in [0.29, 0.717) is 67.7 Å². The number of benzene rings is 2. The number of fused-ring (bicyclic) bond motifs is 1. The molecule has 2 heterocycles. The number of carbonyl (C=O) groups is 1. The molecule has 1 aliphatic rings. The molecular weight excluding hydrogens is 431 g/mol.